The largest absolute Gasteiger partial charge is 0.352 e. The second-order valence-corrected chi connectivity index (χ2v) is 12.0. The number of fused-ring (bicyclic) bond motifs is 2. The molecule has 1 atom stereocenters. The number of nitrogens with one attached hydrogen (secondary N) is 2. The molecule has 1 saturated heterocycles. The monoisotopic (exact) mass is 522 g/mol. The van der Waals surface area contributed by atoms with Crippen LogP contribution in [-0.4, -0.2) is 60.7 Å². The standard InChI is InChI=1S/C28H34N4O4S/c1-20-7-4-5-15-32(20)37(35,36)23-10-11-26-24(17-23)25(18-27(33)30-26)28(34)29-13-6-14-31-16-12-21-8-2-3-9-22(21)19-31/h2-3,8-11,17-18,20H,4-7,12-16,19H2,1H3,(H,29,34)(H,30,33)/t20-/m1/s1. The number of carbonyl (C=O) groups excluding carboxylic acids is 1. The quantitative estimate of drug-likeness (QED) is 0.464. The molecule has 0 unspecified atom stereocenters. The predicted molar refractivity (Wildman–Crippen MR) is 144 cm³/mol. The molecule has 0 radical (unpaired) electrons. The van der Waals surface area contributed by atoms with Crippen molar-refractivity contribution in [3.63, 3.8) is 0 Å². The smallest absolute Gasteiger partial charge is 0.252 e. The number of carbonyl (C=O) groups is 1. The summed E-state index contributed by atoms with van der Waals surface area (Å²) < 4.78 is 28.3. The average Bonchev–Trinajstić information content (AvgIpc) is 2.90. The van der Waals surface area contributed by atoms with E-state index in [1.807, 2.05) is 6.92 Å². The van der Waals surface area contributed by atoms with Gasteiger partial charge in [0, 0.05) is 55.7 Å². The van der Waals surface area contributed by atoms with E-state index in [9.17, 15) is 18.0 Å². The molecule has 3 aromatic rings. The van der Waals surface area contributed by atoms with Gasteiger partial charge in [-0.3, -0.25) is 14.5 Å². The van der Waals surface area contributed by atoms with E-state index >= 15 is 0 Å². The first kappa shape index (κ1) is 25.6. The highest BCUT2D eigenvalue weighted by molar-refractivity contribution is 7.89. The molecule has 9 heteroatoms. The molecule has 1 amide bonds. The van der Waals surface area contributed by atoms with Crippen LogP contribution in [0.5, 0.6) is 0 Å². The van der Waals surface area contributed by atoms with Gasteiger partial charge in [-0.15, -0.1) is 0 Å². The molecular formula is C28H34N4O4S. The molecule has 196 valence electrons. The Morgan fingerprint density at radius 3 is 2.70 bits per heavy atom. The van der Waals surface area contributed by atoms with E-state index in [0.717, 1.165) is 51.7 Å². The third-order valence-electron chi connectivity index (χ3n) is 7.55. The molecule has 8 nitrogen and oxygen atoms in total. The van der Waals surface area contributed by atoms with Crippen molar-refractivity contribution in [2.75, 3.05) is 26.2 Å². The number of rotatable bonds is 7. The maximum atomic E-state index is 13.4. The Bertz CT molecular complexity index is 1470. The molecule has 1 fully saturated rings. The van der Waals surface area contributed by atoms with Crippen LogP contribution in [0, 0.1) is 0 Å². The third-order valence-corrected chi connectivity index (χ3v) is 9.56. The lowest BCUT2D eigenvalue weighted by atomic mass is 10.00. The number of nitrogens with zero attached hydrogens (tertiary/aromatic N) is 2. The van der Waals surface area contributed by atoms with Gasteiger partial charge in [-0.05, 0) is 61.9 Å². The van der Waals surface area contributed by atoms with Crippen molar-refractivity contribution >= 4 is 26.8 Å². The van der Waals surface area contributed by atoms with Gasteiger partial charge in [0.05, 0.1) is 10.5 Å². The summed E-state index contributed by atoms with van der Waals surface area (Å²) in [6.45, 7) is 5.65. The third kappa shape index (κ3) is 5.49. The molecule has 0 bridgehead atoms. The van der Waals surface area contributed by atoms with Crippen LogP contribution in [0.2, 0.25) is 0 Å². The van der Waals surface area contributed by atoms with E-state index in [4.69, 9.17) is 0 Å². The molecule has 3 heterocycles. The fourth-order valence-corrected chi connectivity index (χ4v) is 7.22. The average molecular weight is 523 g/mol. The van der Waals surface area contributed by atoms with Crippen molar-refractivity contribution in [1.29, 1.82) is 0 Å². The van der Waals surface area contributed by atoms with Crippen LogP contribution in [0.25, 0.3) is 10.9 Å². The summed E-state index contributed by atoms with van der Waals surface area (Å²) in [6.07, 6.45) is 4.49. The Hall–Kier alpha value is -3.01. The van der Waals surface area contributed by atoms with Crippen molar-refractivity contribution < 1.29 is 13.2 Å². The van der Waals surface area contributed by atoms with Crippen LogP contribution in [-0.2, 0) is 23.0 Å². The van der Waals surface area contributed by atoms with Crippen LogP contribution in [0.15, 0.2) is 58.2 Å². The molecule has 2 aliphatic heterocycles. The summed E-state index contributed by atoms with van der Waals surface area (Å²) in [7, 11) is -3.71. The van der Waals surface area contributed by atoms with Crippen molar-refractivity contribution in [3.8, 4) is 0 Å². The highest BCUT2D eigenvalue weighted by Gasteiger charge is 2.31. The predicted octanol–water partition coefficient (Wildman–Crippen LogP) is 3.27. The van der Waals surface area contributed by atoms with Gasteiger partial charge in [0.1, 0.15) is 0 Å². The van der Waals surface area contributed by atoms with E-state index in [0.29, 0.717) is 24.0 Å². The van der Waals surface area contributed by atoms with Gasteiger partial charge < -0.3 is 10.3 Å². The molecule has 37 heavy (non-hydrogen) atoms. The second-order valence-electron chi connectivity index (χ2n) is 10.1. The molecule has 0 saturated carbocycles. The lowest BCUT2D eigenvalue weighted by Crippen LogP contribution is -2.41. The maximum absolute atomic E-state index is 13.4. The van der Waals surface area contributed by atoms with Gasteiger partial charge in [-0.1, -0.05) is 30.7 Å². The summed E-state index contributed by atoms with van der Waals surface area (Å²) in [5.41, 5.74) is 3.00. The summed E-state index contributed by atoms with van der Waals surface area (Å²) in [5, 5.41) is 3.35. The zero-order valence-corrected chi connectivity index (χ0v) is 22.0. The van der Waals surface area contributed by atoms with E-state index in [1.165, 1.54) is 29.3 Å². The highest BCUT2D eigenvalue weighted by Crippen LogP contribution is 2.27. The minimum atomic E-state index is -3.71. The van der Waals surface area contributed by atoms with Gasteiger partial charge in [0.25, 0.3) is 5.91 Å². The molecule has 5 rings (SSSR count). The minimum absolute atomic E-state index is 0.0684. The Morgan fingerprint density at radius 2 is 1.89 bits per heavy atom. The van der Waals surface area contributed by atoms with Crippen molar-refractivity contribution in [2.24, 2.45) is 0 Å². The fraction of sp³-hybridized carbons (Fsp3) is 0.429. The van der Waals surface area contributed by atoms with Crippen molar-refractivity contribution in [2.45, 2.75) is 56.5 Å². The van der Waals surface area contributed by atoms with Gasteiger partial charge in [-0.25, -0.2) is 8.42 Å². The maximum Gasteiger partial charge on any atom is 0.252 e. The highest BCUT2D eigenvalue weighted by atomic mass is 32.2. The van der Waals surface area contributed by atoms with E-state index < -0.39 is 15.6 Å². The molecule has 2 aliphatic rings. The van der Waals surface area contributed by atoms with E-state index in [1.54, 1.807) is 10.4 Å². The van der Waals surface area contributed by atoms with E-state index in [2.05, 4.69) is 39.5 Å². The number of sulfonamides is 1. The number of aromatic nitrogens is 1. The van der Waals surface area contributed by atoms with Crippen LogP contribution in [0.1, 0.15) is 54.1 Å². The number of hydrogen-bond donors (Lipinski definition) is 2. The first-order chi connectivity index (χ1) is 17.8. The summed E-state index contributed by atoms with van der Waals surface area (Å²) in [5.74, 6) is -0.374. The lowest BCUT2D eigenvalue weighted by Gasteiger charge is -2.32. The summed E-state index contributed by atoms with van der Waals surface area (Å²) in [4.78, 5) is 30.6. The van der Waals surface area contributed by atoms with Crippen LogP contribution in [0.3, 0.4) is 0 Å². The van der Waals surface area contributed by atoms with Gasteiger partial charge in [-0.2, -0.15) is 4.31 Å². The Labute approximate surface area is 217 Å². The zero-order chi connectivity index (χ0) is 26.0. The number of aromatic amines is 1. The zero-order valence-electron chi connectivity index (χ0n) is 21.2. The number of H-pyrrole nitrogens is 1. The Kier molecular flexibility index (Phi) is 7.46. The summed E-state index contributed by atoms with van der Waals surface area (Å²) in [6, 6.07) is 14.3. The Balaban J connectivity index is 1.28. The van der Waals surface area contributed by atoms with Crippen molar-refractivity contribution in [3.05, 3.63) is 75.6 Å². The lowest BCUT2D eigenvalue weighted by molar-refractivity contribution is 0.0952. The number of benzene rings is 2. The SMILES string of the molecule is C[C@@H]1CCCCN1S(=O)(=O)c1ccc2[nH]c(=O)cc(C(=O)NCCCN3CCc4ccccc4C3)c2c1. The first-order valence-electron chi connectivity index (χ1n) is 13.1. The van der Waals surface area contributed by atoms with Crippen LogP contribution in [0.4, 0.5) is 0 Å². The second kappa shape index (κ2) is 10.8. The minimum Gasteiger partial charge on any atom is -0.352 e. The fourth-order valence-electron chi connectivity index (χ4n) is 5.49. The molecular weight excluding hydrogens is 488 g/mol. The Morgan fingerprint density at radius 1 is 1.08 bits per heavy atom. The van der Waals surface area contributed by atoms with Gasteiger partial charge in [0.15, 0.2) is 0 Å². The normalized spacial score (nSPS) is 19.0. The van der Waals surface area contributed by atoms with Crippen molar-refractivity contribution in [1.82, 2.24) is 19.5 Å². The molecule has 2 N–H and O–H groups in total. The topological polar surface area (TPSA) is 103 Å². The van der Waals surface area contributed by atoms with Crippen LogP contribution < -0.4 is 10.9 Å². The van der Waals surface area contributed by atoms with E-state index in [-0.39, 0.29) is 22.4 Å². The molecule has 0 aliphatic carbocycles. The number of pyridine rings is 1. The number of piperidine rings is 1. The molecule has 0 spiro atoms. The molecule has 2 aromatic carbocycles. The van der Waals surface area contributed by atoms with Crippen LogP contribution >= 0.6 is 0 Å². The first-order valence-corrected chi connectivity index (χ1v) is 14.5. The van der Waals surface area contributed by atoms with Gasteiger partial charge in [0.2, 0.25) is 15.6 Å². The summed E-state index contributed by atoms with van der Waals surface area (Å²) >= 11 is 0. The molecule has 1 aromatic heterocycles. The number of hydrogen-bond acceptors (Lipinski definition) is 5. The van der Waals surface area contributed by atoms with Gasteiger partial charge >= 0.3 is 0 Å². The number of amides is 1.